The minimum atomic E-state index is -4.46. The second-order valence-corrected chi connectivity index (χ2v) is 5.63. The number of carbonyl (C=O) groups excluding carboxylic acids is 1. The molecule has 11 heteroatoms. The largest absolute Gasteiger partial charge is 0.416 e. The Balaban J connectivity index is 1.74. The number of alkyl halides is 3. The summed E-state index contributed by atoms with van der Waals surface area (Å²) in [5, 5.41) is 15.5. The zero-order valence-corrected chi connectivity index (χ0v) is 13.8. The maximum Gasteiger partial charge on any atom is 0.416 e. The van der Waals surface area contributed by atoms with E-state index in [9.17, 15) is 22.8 Å². The standard InChI is InChI=1S/C16H14F3N5O3/c17-16(18,19)10-1-3-11(4-2-10)22-13(26)8-23-9-20-14-12(15(23)27)7-21-24(14)5-6-25/h1-4,7,9,25H,5-6,8H2,(H,22,26). The summed E-state index contributed by atoms with van der Waals surface area (Å²) in [4.78, 5) is 28.5. The van der Waals surface area contributed by atoms with Gasteiger partial charge in [0.15, 0.2) is 5.65 Å². The molecule has 0 fully saturated rings. The topological polar surface area (TPSA) is 102 Å². The van der Waals surface area contributed by atoms with Crippen molar-refractivity contribution in [2.24, 2.45) is 0 Å². The zero-order valence-electron chi connectivity index (χ0n) is 13.8. The van der Waals surface area contributed by atoms with Crippen LogP contribution in [0.5, 0.6) is 0 Å². The Bertz CT molecular complexity index is 1020. The fourth-order valence-corrected chi connectivity index (χ4v) is 2.47. The van der Waals surface area contributed by atoms with Crippen LogP contribution >= 0.6 is 0 Å². The average Bonchev–Trinajstić information content (AvgIpc) is 3.01. The first-order chi connectivity index (χ1) is 12.8. The summed E-state index contributed by atoms with van der Waals surface area (Å²) >= 11 is 0. The summed E-state index contributed by atoms with van der Waals surface area (Å²) in [6.45, 7) is -0.362. The van der Waals surface area contributed by atoms with Crippen LogP contribution in [-0.4, -0.2) is 37.0 Å². The fraction of sp³-hybridized carbons (Fsp3) is 0.250. The molecule has 0 saturated heterocycles. The van der Waals surface area contributed by atoms with Crippen LogP contribution in [0.25, 0.3) is 11.0 Å². The van der Waals surface area contributed by atoms with Gasteiger partial charge in [0.2, 0.25) is 5.91 Å². The van der Waals surface area contributed by atoms with E-state index in [2.05, 4.69) is 15.4 Å². The molecule has 0 radical (unpaired) electrons. The predicted octanol–water partition coefficient (Wildman–Crippen LogP) is 1.24. The third-order valence-corrected chi connectivity index (χ3v) is 3.74. The van der Waals surface area contributed by atoms with Crippen molar-refractivity contribution in [1.82, 2.24) is 19.3 Å². The number of aromatic nitrogens is 4. The molecule has 0 aliphatic carbocycles. The first-order valence-electron chi connectivity index (χ1n) is 7.78. The van der Waals surface area contributed by atoms with Gasteiger partial charge in [-0.1, -0.05) is 0 Å². The lowest BCUT2D eigenvalue weighted by Gasteiger charge is -2.09. The van der Waals surface area contributed by atoms with Crippen molar-refractivity contribution < 1.29 is 23.1 Å². The fourth-order valence-electron chi connectivity index (χ4n) is 2.47. The highest BCUT2D eigenvalue weighted by Crippen LogP contribution is 2.29. The molecular weight excluding hydrogens is 367 g/mol. The number of aliphatic hydroxyl groups is 1. The number of anilines is 1. The monoisotopic (exact) mass is 381 g/mol. The number of benzene rings is 1. The van der Waals surface area contributed by atoms with Crippen molar-refractivity contribution in [2.45, 2.75) is 19.3 Å². The van der Waals surface area contributed by atoms with E-state index in [1.54, 1.807) is 0 Å². The van der Waals surface area contributed by atoms with E-state index >= 15 is 0 Å². The third-order valence-electron chi connectivity index (χ3n) is 3.74. The summed E-state index contributed by atoms with van der Waals surface area (Å²) in [7, 11) is 0. The lowest BCUT2D eigenvalue weighted by molar-refractivity contribution is -0.137. The molecule has 142 valence electrons. The Morgan fingerprint density at radius 2 is 1.93 bits per heavy atom. The minimum absolute atomic E-state index is 0.170. The summed E-state index contributed by atoms with van der Waals surface area (Å²) < 4.78 is 40.0. The van der Waals surface area contributed by atoms with Crippen LogP contribution in [-0.2, 0) is 24.1 Å². The van der Waals surface area contributed by atoms with Crippen LogP contribution in [0, 0.1) is 0 Å². The molecule has 3 rings (SSSR count). The van der Waals surface area contributed by atoms with Gasteiger partial charge in [0.05, 0.1) is 24.9 Å². The van der Waals surface area contributed by atoms with Gasteiger partial charge in [-0.05, 0) is 24.3 Å². The highest BCUT2D eigenvalue weighted by atomic mass is 19.4. The lowest BCUT2D eigenvalue weighted by atomic mass is 10.2. The van der Waals surface area contributed by atoms with E-state index in [-0.39, 0.29) is 36.4 Å². The molecule has 0 atom stereocenters. The maximum atomic E-state index is 12.5. The van der Waals surface area contributed by atoms with Crippen LogP contribution in [0.4, 0.5) is 18.9 Å². The molecule has 0 aliphatic heterocycles. The minimum Gasteiger partial charge on any atom is -0.394 e. The van der Waals surface area contributed by atoms with Gasteiger partial charge in [0.1, 0.15) is 18.3 Å². The van der Waals surface area contributed by atoms with Crippen molar-refractivity contribution >= 4 is 22.6 Å². The number of hydrogen-bond donors (Lipinski definition) is 2. The number of hydrogen-bond acceptors (Lipinski definition) is 5. The molecular formula is C16H14F3N5O3. The van der Waals surface area contributed by atoms with Crippen molar-refractivity contribution in [3.63, 3.8) is 0 Å². The number of amides is 1. The van der Waals surface area contributed by atoms with Gasteiger partial charge in [-0.3, -0.25) is 14.2 Å². The van der Waals surface area contributed by atoms with Crippen LogP contribution in [0.1, 0.15) is 5.56 Å². The predicted molar refractivity (Wildman–Crippen MR) is 88.9 cm³/mol. The molecule has 2 heterocycles. The summed E-state index contributed by atoms with van der Waals surface area (Å²) in [6, 6.07) is 3.96. The van der Waals surface area contributed by atoms with Gasteiger partial charge >= 0.3 is 6.18 Å². The number of rotatable bonds is 5. The molecule has 2 aromatic heterocycles. The third kappa shape index (κ3) is 3.97. The molecule has 1 aromatic carbocycles. The Kier molecular flexibility index (Phi) is 4.95. The summed E-state index contributed by atoms with van der Waals surface area (Å²) in [5.74, 6) is -0.597. The second-order valence-electron chi connectivity index (χ2n) is 5.63. The molecule has 3 aromatic rings. The van der Waals surface area contributed by atoms with Crippen LogP contribution < -0.4 is 10.9 Å². The van der Waals surface area contributed by atoms with E-state index in [0.717, 1.165) is 28.8 Å². The van der Waals surface area contributed by atoms with E-state index in [1.807, 2.05) is 0 Å². The smallest absolute Gasteiger partial charge is 0.394 e. The Labute approximate surface area is 149 Å². The molecule has 0 saturated carbocycles. The lowest BCUT2D eigenvalue weighted by Crippen LogP contribution is -2.28. The number of carbonyl (C=O) groups is 1. The molecule has 0 aliphatic rings. The second kappa shape index (κ2) is 7.19. The van der Waals surface area contributed by atoms with Crippen molar-refractivity contribution in [3.05, 3.63) is 52.7 Å². The van der Waals surface area contributed by atoms with Crippen LogP contribution in [0.2, 0.25) is 0 Å². The summed E-state index contributed by atoms with van der Waals surface area (Å²) in [5.41, 5.74) is -0.864. The van der Waals surface area contributed by atoms with Gasteiger partial charge in [-0.25, -0.2) is 9.67 Å². The van der Waals surface area contributed by atoms with Crippen molar-refractivity contribution in [2.75, 3.05) is 11.9 Å². The molecule has 27 heavy (non-hydrogen) atoms. The van der Waals surface area contributed by atoms with E-state index in [4.69, 9.17) is 5.11 Å². The van der Waals surface area contributed by atoms with Crippen molar-refractivity contribution in [1.29, 1.82) is 0 Å². The number of aliphatic hydroxyl groups excluding tert-OH is 1. The van der Waals surface area contributed by atoms with Crippen LogP contribution in [0.3, 0.4) is 0 Å². The van der Waals surface area contributed by atoms with Crippen molar-refractivity contribution in [3.8, 4) is 0 Å². The van der Waals surface area contributed by atoms with Gasteiger partial charge in [-0.15, -0.1) is 0 Å². The van der Waals surface area contributed by atoms with Gasteiger partial charge in [0.25, 0.3) is 5.56 Å². The molecule has 0 bridgehead atoms. The molecule has 8 nitrogen and oxygen atoms in total. The molecule has 0 unspecified atom stereocenters. The first-order valence-corrected chi connectivity index (χ1v) is 7.78. The number of nitrogens with zero attached hydrogens (tertiary/aromatic N) is 4. The SMILES string of the molecule is O=C(Cn1cnc2c(cnn2CCO)c1=O)Nc1ccc(C(F)(F)F)cc1. The van der Waals surface area contributed by atoms with Gasteiger partial charge < -0.3 is 10.4 Å². The Hall–Kier alpha value is -3.21. The Morgan fingerprint density at radius 1 is 1.22 bits per heavy atom. The van der Waals surface area contributed by atoms with Gasteiger partial charge in [0, 0.05) is 5.69 Å². The Morgan fingerprint density at radius 3 is 2.56 bits per heavy atom. The average molecular weight is 381 g/mol. The first kappa shape index (κ1) is 18.6. The number of fused-ring (bicyclic) bond motifs is 1. The zero-order chi connectivity index (χ0) is 19.6. The van der Waals surface area contributed by atoms with E-state index in [1.165, 1.54) is 17.2 Å². The molecule has 1 amide bonds. The molecule has 2 N–H and O–H groups in total. The van der Waals surface area contributed by atoms with Crippen LogP contribution in [0.15, 0.2) is 41.6 Å². The normalized spacial score (nSPS) is 11.7. The molecule has 0 spiro atoms. The number of nitrogens with one attached hydrogen (secondary N) is 1. The van der Waals surface area contributed by atoms with Gasteiger partial charge in [-0.2, -0.15) is 18.3 Å². The number of halogens is 3. The quantitative estimate of drug-likeness (QED) is 0.693. The highest BCUT2D eigenvalue weighted by Gasteiger charge is 2.30. The van der Waals surface area contributed by atoms with E-state index < -0.39 is 23.2 Å². The van der Waals surface area contributed by atoms with E-state index in [0.29, 0.717) is 0 Å². The maximum absolute atomic E-state index is 12.5. The summed E-state index contributed by atoms with van der Waals surface area (Å²) in [6.07, 6.45) is -1.99. The highest BCUT2D eigenvalue weighted by molar-refractivity contribution is 5.90.